The summed E-state index contributed by atoms with van der Waals surface area (Å²) >= 11 is 2.04. The summed E-state index contributed by atoms with van der Waals surface area (Å²) in [5, 5.41) is 16.2. The third kappa shape index (κ3) is 6.07. The lowest BCUT2D eigenvalue weighted by atomic mass is 10.1. The molecule has 4 rings (SSSR count). The van der Waals surface area contributed by atoms with E-state index in [-0.39, 0.29) is 17.4 Å². The van der Waals surface area contributed by atoms with Crippen molar-refractivity contribution in [1.82, 2.24) is 9.97 Å². The highest BCUT2D eigenvalue weighted by Gasteiger charge is 2.50. The van der Waals surface area contributed by atoms with Crippen molar-refractivity contribution in [3.05, 3.63) is 73.2 Å². The number of carbonyl (C=O) groups is 1. The zero-order valence-electron chi connectivity index (χ0n) is 19.3. The second-order valence-corrected chi connectivity index (χ2v) is 10.3. The van der Waals surface area contributed by atoms with Gasteiger partial charge in [0, 0.05) is 28.6 Å². The molecule has 0 aliphatic heterocycles. The van der Waals surface area contributed by atoms with E-state index in [4.69, 9.17) is 14.7 Å². The number of anilines is 2. The summed E-state index contributed by atoms with van der Waals surface area (Å²) in [5.74, 6) is 1.63. The van der Waals surface area contributed by atoms with E-state index < -0.39 is 6.09 Å². The summed E-state index contributed by atoms with van der Waals surface area (Å²) in [6, 6.07) is 9.22. The molecule has 2 aliphatic carbocycles. The van der Waals surface area contributed by atoms with Crippen molar-refractivity contribution in [2.45, 2.75) is 48.6 Å². The van der Waals surface area contributed by atoms with E-state index in [1.165, 1.54) is 25.0 Å². The number of allylic oxidation sites excluding steroid dienone is 3. The van der Waals surface area contributed by atoms with Crippen molar-refractivity contribution in [1.29, 1.82) is 0 Å². The number of hydrogen-bond donors (Lipinski definition) is 3. The number of thioether (sulfide) groups is 1. The molecule has 8 heteroatoms. The second-order valence-electron chi connectivity index (χ2n) is 8.60. The largest absolute Gasteiger partial charge is 0.417 e. The quantitative estimate of drug-likeness (QED) is 0.285. The third-order valence-electron chi connectivity index (χ3n) is 5.57. The molecule has 0 bridgehead atoms. The predicted molar refractivity (Wildman–Crippen MR) is 138 cm³/mol. The number of aliphatic hydroxyl groups is 1. The molecular formula is C26H30N4O3S. The van der Waals surface area contributed by atoms with Crippen LogP contribution in [-0.2, 0) is 9.48 Å². The lowest BCUT2D eigenvalue weighted by Gasteiger charge is -2.18. The summed E-state index contributed by atoms with van der Waals surface area (Å²) in [4.78, 5) is 21.8. The van der Waals surface area contributed by atoms with E-state index in [2.05, 4.69) is 23.8 Å². The van der Waals surface area contributed by atoms with Gasteiger partial charge in [-0.05, 0) is 69.0 Å². The number of amides is 1. The molecule has 1 atom stereocenters. The molecule has 2 fully saturated rings. The number of hydrogen-bond acceptors (Lipinski definition) is 7. The first-order valence-corrected chi connectivity index (χ1v) is 12.3. The van der Waals surface area contributed by atoms with Gasteiger partial charge in [0.05, 0.1) is 17.0 Å². The molecule has 1 aromatic heterocycles. The predicted octanol–water partition coefficient (Wildman–Crippen LogP) is 5.63. The van der Waals surface area contributed by atoms with Gasteiger partial charge in [0.1, 0.15) is 11.6 Å². The molecule has 1 amide bonds. The van der Waals surface area contributed by atoms with Gasteiger partial charge in [0.25, 0.3) is 0 Å². The molecule has 2 aromatic rings. The molecule has 7 nitrogen and oxygen atoms in total. The average Bonchev–Trinajstić information content (AvgIpc) is 3.77. The van der Waals surface area contributed by atoms with Gasteiger partial charge < -0.3 is 15.2 Å². The van der Waals surface area contributed by atoms with Gasteiger partial charge in [-0.2, -0.15) is 0 Å². The number of nitrogens with one attached hydrogen (secondary N) is 2. The van der Waals surface area contributed by atoms with Crippen LogP contribution in [0.5, 0.6) is 0 Å². The van der Waals surface area contributed by atoms with Crippen LogP contribution in [-0.4, -0.2) is 39.1 Å². The Labute approximate surface area is 204 Å². The molecule has 0 radical (unpaired) electrons. The van der Waals surface area contributed by atoms with Crippen LogP contribution in [0.3, 0.4) is 0 Å². The third-order valence-corrected chi connectivity index (χ3v) is 7.44. The number of aromatic nitrogens is 2. The number of nitrogens with zero attached hydrogens (tertiary/aromatic N) is 2. The Kier molecular flexibility index (Phi) is 7.38. The maximum Gasteiger partial charge on any atom is 0.417 e. The summed E-state index contributed by atoms with van der Waals surface area (Å²) in [5.41, 5.74) is 2.46. The molecule has 0 spiro atoms. The van der Waals surface area contributed by atoms with E-state index >= 15 is 0 Å². The second kappa shape index (κ2) is 10.4. The van der Waals surface area contributed by atoms with E-state index in [0.29, 0.717) is 23.1 Å². The first-order valence-electron chi connectivity index (χ1n) is 11.4. The highest BCUT2D eigenvalue weighted by Crippen LogP contribution is 2.61. The number of carbonyl (C=O) groups excluding carboxylic acids is 1. The number of aliphatic hydroxyl groups excluding tert-OH is 1. The molecule has 2 saturated carbocycles. The standard InChI is InChI=1S/C26H30N4O3S/c1-4-6-20(5-2)33-25(32)28-19-9-7-18(8-10-19)24-29-22(15-23(30-24)27-17(3)16-31)26(13-14-26)34-21-11-12-21/h4-10,15,17,21,31H,1-2,11-14,16H2,3H3,(H,28,32)(H,27,29,30)/b20-6+/t17-/m0/s1. The van der Waals surface area contributed by atoms with E-state index in [1.807, 2.05) is 36.9 Å². The summed E-state index contributed by atoms with van der Waals surface area (Å²) in [7, 11) is 0. The Morgan fingerprint density at radius 1 is 1.29 bits per heavy atom. The normalized spacial score (nSPS) is 17.4. The van der Waals surface area contributed by atoms with Gasteiger partial charge >= 0.3 is 6.09 Å². The van der Waals surface area contributed by atoms with Crippen LogP contribution in [0.15, 0.2) is 67.5 Å². The highest BCUT2D eigenvalue weighted by atomic mass is 32.2. The molecule has 1 aromatic carbocycles. The maximum absolute atomic E-state index is 12.1. The van der Waals surface area contributed by atoms with Gasteiger partial charge in [-0.15, -0.1) is 11.8 Å². The summed E-state index contributed by atoms with van der Waals surface area (Å²) in [6.07, 6.45) is 8.71. The molecule has 1 heterocycles. The van der Waals surface area contributed by atoms with Gasteiger partial charge in [-0.3, -0.25) is 5.32 Å². The molecule has 0 saturated heterocycles. The average molecular weight is 479 g/mol. The molecule has 0 unspecified atom stereocenters. The van der Waals surface area contributed by atoms with Gasteiger partial charge in [-0.1, -0.05) is 19.2 Å². The van der Waals surface area contributed by atoms with Crippen molar-refractivity contribution < 1.29 is 14.6 Å². The zero-order valence-corrected chi connectivity index (χ0v) is 20.1. The van der Waals surface area contributed by atoms with Crippen LogP contribution < -0.4 is 10.6 Å². The Balaban J connectivity index is 1.54. The Hall–Kier alpha value is -3.10. The first kappa shape index (κ1) is 24.0. The minimum atomic E-state index is -0.615. The maximum atomic E-state index is 12.1. The number of benzene rings is 1. The van der Waals surface area contributed by atoms with Crippen molar-refractivity contribution in [2.75, 3.05) is 17.2 Å². The van der Waals surface area contributed by atoms with Gasteiger partial charge in [0.2, 0.25) is 0 Å². The molecule has 178 valence electrons. The molecule has 2 aliphatic rings. The number of rotatable bonds is 11. The van der Waals surface area contributed by atoms with Crippen LogP contribution in [0.1, 0.15) is 38.3 Å². The molecule has 3 N–H and O–H groups in total. The lowest BCUT2D eigenvalue weighted by Crippen LogP contribution is -2.21. The minimum Gasteiger partial charge on any atom is -0.410 e. The SMILES string of the molecule is C=C/C=C(\C=C)OC(=O)Nc1ccc(-c2nc(N[C@@H](C)CO)cc(C3(SC4CC4)CC3)n2)cc1. The van der Waals surface area contributed by atoms with E-state index in [9.17, 15) is 9.90 Å². The first-order chi connectivity index (χ1) is 16.4. The van der Waals surface area contributed by atoms with Crippen LogP contribution in [0.2, 0.25) is 0 Å². The lowest BCUT2D eigenvalue weighted by molar-refractivity contribution is 0.195. The van der Waals surface area contributed by atoms with Crippen LogP contribution in [0.4, 0.5) is 16.3 Å². The summed E-state index contributed by atoms with van der Waals surface area (Å²) in [6.45, 7) is 9.12. The van der Waals surface area contributed by atoms with Crippen molar-refractivity contribution in [2.24, 2.45) is 0 Å². The van der Waals surface area contributed by atoms with Crippen molar-refractivity contribution >= 4 is 29.4 Å². The smallest absolute Gasteiger partial charge is 0.410 e. The molecular weight excluding hydrogens is 448 g/mol. The van der Waals surface area contributed by atoms with Crippen LogP contribution >= 0.6 is 11.8 Å². The summed E-state index contributed by atoms with van der Waals surface area (Å²) < 4.78 is 5.26. The van der Waals surface area contributed by atoms with E-state index in [0.717, 1.165) is 29.3 Å². The van der Waals surface area contributed by atoms with Crippen LogP contribution in [0, 0.1) is 0 Å². The van der Waals surface area contributed by atoms with E-state index in [1.54, 1.807) is 18.2 Å². The van der Waals surface area contributed by atoms with Gasteiger partial charge in [-0.25, -0.2) is 14.8 Å². The fourth-order valence-corrected chi connectivity index (χ4v) is 5.02. The van der Waals surface area contributed by atoms with Gasteiger partial charge in [0.15, 0.2) is 5.82 Å². The highest BCUT2D eigenvalue weighted by molar-refractivity contribution is 8.01. The Morgan fingerprint density at radius 3 is 2.62 bits per heavy atom. The molecule has 34 heavy (non-hydrogen) atoms. The minimum absolute atomic E-state index is 0.0165. The topological polar surface area (TPSA) is 96.4 Å². The Morgan fingerprint density at radius 2 is 2.03 bits per heavy atom. The van der Waals surface area contributed by atoms with Crippen LogP contribution in [0.25, 0.3) is 11.4 Å². The monoisotopic (exact) mass is 478 g/mol. The fourth-order valence-electron chi connectivity index (χ4n) is 3.45. The van der Waals surface area contributed by atoms with Crippen molar-refractivity contribution in [3.8, 4) is 11.4 Å². The number of ether oxygens (including phenoxy) is 1. The Bertz CT molecular complexity index is 1090. The fraction of sp³-hybridized carbons (Fsp3) is 0.346. The van der Waals surface area contributed by atoms with Crippen molar-refractivity contribution in [3.63, 3.8) is 0 Å². The zero-order chi connectivity index (χ0) is 24.1.